The number of rotatable bonds is 2. The number of carbonyl (C=O) groups excluding carboxylic acids is 1. The van der Waals surface area contributed by atoms with Crippen LogP contribution in [-0.2, 0) is 4.79 Å². The Kier molecular flexibility index (Phi) is 2.31. The van der Waals surface area contributed by atoms with Crippen LogP contribution in [0.15, 0.2) is 23.2 Å². The quantitative estimate of drug-likeness (QED) is 0.665. The number of fused-ring (bicyclic) bond motifs is 1. The zero-order valence-corrected chi connectivity index (χ0v) is 7.93. The molecule has 1 unspecified atom stereocenters. The predicted molar refractivity (Wildman–Crippen MR) is 54.0 cm³/mol. The molecule has 0 spiro atoms. The molecule has 1 aliphatic rings. The van der Waals surface area contributed by atoms with E-state index in [0.29, 0.717) is 18.1 Å². The minimum absolute atomic E-state index is 0.394. The maximum absolute atomic E-state index is 10.2. The van der Waals surface area contributed by atoms with E-state index in [1.165, 1.54) is 5.56 Å². The van der Waals surface area contributed by atoms with Crippen LogP contribution in [0.1, 0.15) is 24.0 Å². The molecule has 0 fully saturated rings. The summed E-state index contributed by atoms with van der Waals surface area (Å²) < 4.78 is 4.80. The van der Waals surface area contributed by atoms with E-state index < -0.39 is 0 Å². The van der Waals surface area contributed by atoms with Crippen molar-refractivity contribution in [2.24, 2.45) is 4.99 Å². The molecule has 0 saturated carbocycles. The average Bonchev–Trinajstić information content (AvgIpc) is 2.20. The van der Waals surface area contributed by atoms with Crippen molar-refractivity contribution in [2.45, 2.75) is 12.8 Å². The Bertz CT molecular complexity index is 385. The molecule has 1 aliphatic heterocycles. The van der Waals surface area contributed by atoms with Crippen molar-refractivity contribution in [1.82, 2.24) is 0 Å². The topological polar surface area (TPSA) is 38.7 Å². The van der Waals surface area contributed by atoms with Gasteiger partial charge in [0, 0.05) is 18.7 Å². The van der Waals surface area contributed by atoms with Crippen LogP contribution < -0.4 is 4.74 Å². The third-order valence-electron chi connectivity index (χ3n) is 2.38. The van der Waals surface area contributed by atoms with Crippen molar-refractivity contribution < 1.29 is 9.53 Å². The molecule has 0 bridgehead atoms. The van der Waals surface area contributed by atoms with Gasteiger partial charge in [-0.1, -0.05) is 6.92 Å². The van der Waals surface area contributed by atoms with Gasteiger partial charge in [0.05, 0.1) is 0 Å². The molecule has 14 heavy (non-hydrogen) atoms. The van der Waals surface area contributed by atoms with E-state index in [1.807, 2.05) is 18.3 Å². The maximum Gasteiger partial charge on any atom is 0.298 e. The molecular weight excluding hydrogens is 178 g/mol. The molecule has 3 heteroatoms. The van der Waals surface area contributed by atoms with E-state index in [4.69, 9.17) is 4.74 Å². The van der Waals surface area contributed by atoms with Gasteiger partial charge in [-0.3, -0.25) is 9.79 Å². The predicted octanol–water partition coefficient (Wildman–Crippen LogP) is 1.76. The summed E-state index contributed by atoms with van der Waals surface area (Å²) in [6.07, 6.45) is 1.86. The highest BCUT2D eigenvalue weighted by molar-refractivity contribution is 5.83. The number of carbonyl (C=O) groups is 1. The first-order valence-electron chi connectivity index (χ1n) is 4.55. The first kappa shape index (κ1) is 8.94. The first-order chi connectivity index (χ1) is 6.81. The maximum atomic E-state index is 10.2. The van der Waals surface area contributed by atoms with E-state index in [9.17, 15) is 4.79 Å². The number of hydrogen-bond acceptors (Lipinski definition) is 3. The molecule has 1 heterocycles. The smallest absolute Gasteiger partial charge is 0.298 e. The zero-order valence-electron chi connectivity index (χ0n) is 7.93. The van der Waals surface area contributed by atoms with Crippen LogP contribution in [0, 0.1) is 0 Å². The molecule has 0 aliphatic carbocycles. The van der Waals surface area contributed by atoms with Crippen molar-refractivity contribution in [3.8, 4) is 5.75 Å². The highest BCUT2D eigenvalue weighted by Crippen LogP contribution is 2.26. The van der Waals surface area contributed by atoms with Crippen molar-refractivity contribution in [2.75, 3.05) is 6.54 Å². The van der Waals surface area contributed by atoms with Gasteiger partial charge in [0.1, 0.15) is 5.75 Å². The van der Waals surface area contributed by atoms with Crippen molar-refractivity contribution >= 4 is 12.7 Å². The second-order valence-corrected chi connectivity index (χ2v) is 3.40. The lowest BCUT2D eigenvalue weighted by molar-refractivity contribution is -0.120. The fourth-order valence-corrected chi connectivity index (χ4v) is 1.63. The summed E-state index contributed by atoms with van der Waals surface area (Å²) in [6.45, 7) is 3.36. The minimum Gasteiger partial charge on any atom is -0.429 e. The number of aliphatic imine (C=N–C) groups is 1. The summed E-state index contributed by atoms with van der Waals surface area (Å²) in [7, 11) is 0. The van der Waals surface area contributed by atoms with Crippen LogP contribution in [0.25, 0.3) is 0 Å². The minimum atomic E-state index is 0.394. The molecule has 1 aromatic rings. The SMILES string of the molecule is CC1CN=Cc2ccc(OC=O)cc21. The van der Waals surface area contributed by atoms with Gasteiger partial charge in [0.2, 0.25) is 0 Å². The average molecular weight is 189 g/mol. The Labute approximate surface area is 82.4 Å². The number of ether oxygens (including phenoxy) is 1. The van der Waals surface area contributed by atoms with Gasteiger partial charge >= 0.3 is 0 Å². The summed E-state index contributed by atoms with van der Waals surface area (Å²) in [6, 6.07) is 5.60. The highest BCUT2D eigenvalue weighted by atomic mass is 16.5. The van der Waals surface area contributed by atoms with Crippen LogP contribution >= 0.6 is 0 Å². The third kappa shape index (κ3) is 1.53. The molecule has 2 rings (SSSR count). The van der Waals surface area contributed by atoms with Crippen LogP contribution in [0.2, 0.25) is 0 Å². The Balaban J connectivity index is 2.41. The van der Waals surface area contributed by atoms with E-state index in [2.05, 4.69) is 11.9 Å². The van der Waals surface area contributed by atoms with E-state index in [1.54, 1.807) is 6.07 Å². The monoisotopic (exact) mass is 189 g/mol. The zero-order chi connectivity index (χ0) is 9.97. The van der Waals surface area contributed by atoms with Crippen molar-refractivity contribution in [3.05, 3.63) is 29.3 Å². The summed E-state index contributed by atoms with van der Waals surface area (Å²) in [5.74, 6) is 0.992. The molecule has 0 N–H and O–H groups in total. The van der Waals surface area contributed by atoms with Gasteiger partial charge < -0.3 is 4.74 Å². The number of benzene rings is 1. The molecule has 0 amide bonds. The molecule has 72 valence electrons. The van der Waals surface area contributed by atoms with Crippen LogP contribution in [0.3, 0.4) is 0 Å². The van der Waals surface area contributed by atoms with Gasteiger partial charge in [-0.2, -0.15) is 0 Å². The molecule has 0 radical (unpaired) electrons. The molecule has 3 nitrogen and oxygen atoms in total. The summed E-state index contributed by atoms with van der Waals surface area (Å²) >= 11 is 0. The third-order valence-corrected chi connectivity index (χ3v) is 2.38. The van der Waals surface area contributed by atoms with Gasteiger partial charge in [-0.05, 0) is 29.3 Å². The largest absolute Gasteiger partial charge is 0.429 e. The normalized spacial score (nSPS) is 18.8. The Hall–Kier alpha value is -1.64. The van der Waals surface area contributed by atoms with Gasteiger partial charge in [-0.15, -0.1) is 0 Å². The van der Waals surface area contributed by atoms with E-state index >= 15 is 0 Å². The Morgan fingerprint density at radius 3 is 3.21 bits per heavy atom. The molecule has 1 atom stereocenters. The fraction of sp³-hybridized carbons (Fsp3) is 0.273. The highest BCUT2D eigenvalue weighted by Gasteiger charge is 2.13. The molecule has 0 aromatic heterocycles. The first-order valence-corrected chi connectivity index (χ1v) is 4.55. The van der Waals surface area contributed by atoms with Gasteiger partial charge in [-0.25, -0.2) is 0 Å². The van der Waals surface area contributed by atoms with Crippen LogP contribution in [-0.4, -0.2) is 19.2 Å². The van der Waals surface area contributed by atoms with Crippen molar-refractivity contribution in [3.63, 3.8) is 0 Å². The summed E-state index contributed by atoms with van der Waals surface area (Å²) in [5, 5.41) is 0. The second kappa shape index (κ2) is 3.62. The van der Waals surface area contributed by atoms with E-state index in [0.717, 1.165) is 12.1 Å². The molecule has 1 aromatic carbocycles. The van der Waals surface area contributed by atoms with Crippen molar-refractivity contribution in [1.29, 1.82) is 0 Å². The van der Waals surface area contributed by atoms with Crippen LogP contribution in [0.5, 0.6) is 5.75 Å². The Morgan fingerprint density at radius 1 is 1.57 bits per heavy atom. The number of hydrogen-bond donors (Lipinski definition) is 0. The summed E-state index contributed by atoms with van der Waals surface area (Å²) in [4.78, 5) is 14.4. The lowest BCUT2D eigenvalue weighted by Crippen LogP contribution is -2.08. The molecular formula is C11H11NO2. The fourth-order valence-electron chi connectivity index (χ4n) is 1.63. The summed E-state index contributed by atoms with van der Waals surface area (Å²) in [5.41, 5.74) is 2.31. The number of nitrogens with zero attached hydrogens (tertiary/aromatic N) is 1. The van der Waals surface area contributed by atoms with E-state index in [-0.39, 0.29) is 0 Å². The van der Waals surface area contributed by atoms with Gasteiger partial charge in [0.25, 0.3) is 6.47 Å². The molecule has 0 saturated heterocycles. The second-order valence-electron chi connectivity index (χ2n) is 3.40. The lowest BCUT2D eigenvalue weighted by Gasteiger charge is -2.17. The van der Waals surface area contributed by atoms with Crippen LogP contribution in [0.4, 0.5) is 0 Å². The van der Waals surface area contributed by atoms with Gasteiger partial charge in [0.15, 0.2) is 0 Å². The lowest BCUT2D eigenvalue weighted by atomic mass is 9.94. The standard InChI is InChI=1S/C11H11NO2/c1-8-5-12-6-9-2-3-10(14-7-13)4-11(8)9/h2-4,6-8H,5H2,1H3. The Morgan fingerprint density at radius 2 is 2.43 bits per heavy atom.